The lowest BCUT2D eigenvalue weighted by Gasteiger charge is -2.34. The molecule has 30 heavy (non-hydrogen) atoms. The Labute approximate surface area is 176 Å². The van der Waals surface area contributed by atoms with Crippen LogP contribution in [-0.2, 0) is 17.8 Å². The molecule has 2 aromatic carbocycles. The van der Waals surface area contributed by atoms with E-state index < -0.39 is 0 Å². The normalized spacial score (nSPS) is 15.4. The van der Waals surface area contributed by atoms with Crippen LogP contribution in [0.25, 0.3) is 11.0 Å². The fourth-order valence-corrected chi connectivity index (χ4v) is 3.90. The Balaban J connectivity index is 1.36. The maximum Gasteiger partial charge on any atom is 0.336 e. The predicted molar refractivity (Wildman–Crippen MR) is 119 cm³/mol. The molecular weight excluding hydrogens is 378 g/mol. The van der Waals surface area contributed by atoms with Gasteiger partial charge in [-0.2, -0.15) is 0 Å². The third-order valence-electron chi connectivity index (χ3n) is 5.58. The van der Waals surface area contributed by atoms with Gasteiger partial charge < -0.3 is 9.73 Å². The van der Waals surface area contributed by atoms with Crippen molar-refractivity contribution in [1.82, 2.24) is 9.80 Å². The average Bonchev–Trinajstić information content (AvgIpc) is 2.75. The standard InChI is InChI=1S/C24H27N3O3/c1-2-18-8-9-22-21(14-18)19(15-24(29)30-22)16-26-10-12-27(13-11-26)17-23(28)25-20-6-4-3-5-7-20/h3-9,14-15H,2,10-13,16-17H2,1H3,(H,25,28). The molecule has 0 saturated carbocycles. The first-order chi connectivity index (χ1) is 14.6. The zero-order valence-corrected chi connectivity index (χ0v) is 17.3. The topological polar surface area (TPSA) is 65.8 Å². The van der Waals surface area contributed by atoms with Crippen LogP contribution in [0.5, 0.6) is 0 Å². The molecule has 1 aromatic heterocycles. The number of piperazine rings is 1. The monoisotopic (exact) mass is 405 g/mol. The Morgan fingerprint density at radius 2 is 1.73 bits per heavy atom. The number of aryl methyl sites for hydroxylation is 1. The van der Waals surface area contributed by atoms with E-state index in [0.29, 0.717) is 18.7 Å². The second kappa shape index (κ2) is 9.24. The highest BCUT2D eigenvalue weighted by atomic mass is 16.4. The number of carbonyl (C=O) groups excluding carboxylic acids is 1. The molecule has 1 aliphatic heterocycles. The molecule has 4 rings (SSSR count). The van der Waals surface area contributed by atoms with Crippen LogP contribution in [0.15, 0.2) is 63.8 Å². The highest BCUT2D eigenvalue weighted by Crippen LogP contribution is 2.21. The number of nitrogens with zero attached hydrogens (tertiary/aromatic N) is 2. The van der Waals surface area contributed by atoms with E-state index in [1.165, 1.54) is 5.56 Å². The number of carbonyl (C=O) groups is 1. The van der Waals surface area contributed by atoms with E-state index in [2.05, 4.69) is 28.1 Å². The maximum atomic E-state index is 12.3. The summed E-state index contributed by atoms with van der Waals surface area (Å²) in [6.07, 6.45) is 0.943. The first-order valence-electron chi connectivity index (χ1n) is 10.5. The van der Waals surface area contributed by atoms with Gasteiger partial charge in [-0.1, -0.05) is 31.2 Å². The van der Waals surface area contributed by atoms with E-state index >= 15 is 0 Å². The summed E-state index contributed by atoms with van der Waals surface area (Å²) in [5.41, 5.74) is 3.39. The fourth-order valence-electron chi connectivity index (χ4n) is 3.90. The smallest absolute Gasteiger partial charge is 0.336 e. The molecule has 0 radical (unpaired) electrons. The van der Waals surface area contributed by atoms with Gasteiger partial charge in [0.25, 0.3) is 0 Å². The van der Waals surface area contributed by atoms with Crippen LogP contribution in [0.4, 0.5) is 5.69 Å². The molecule has 6 nitrogen and oxygen atoms in total. The number of benzene rings is 2. The van der Waals surface area contributed by atoms with Gasteiger partial charge in [0.1, 0.15) is 5.58 Å². The molecule has 0 aliphatic carbocycles. The van der Waals surface area contributed by atoms with Gasteiger partial charge >= 0.3 is 5.63 Å². The number of hydrogen-bond donors (Lipinski definition) is 1. The minimum atomic E-state index is -0.307. The molecule has 6 heteroatoms. The lowest BCUT2D eigenvalue weighted by molar-refractivity contribution is -0.117. The molecule has 0 spiro atoms. The van der Waals surface area contributed by atoms with Gasteiger partial charge in [0, 0.05) is 49.9 Å². The molecule has 0 unspecified atom stereocenters. The van der Waals surface area contributed by atoms with Crippen molar-refractivity contribution in [3.05, 3.63) is 76.1 Å². The molecule has 1 aliphatic rings. The van der Waals surface area contributed by atoms with Crippen molar-refractivity contribution in [1.29, 1.82) is 0 Å². The minimum absolute atomic E-state index is 0.00778. The van der Waals surface area contributed by atoms with Gasteiger partial charge in [-0.05, 0) is 41.8 Å². The highest BCUT2D eigenvalue weighted by Gasteiger charge is 2.20. The van der Waals surface area contributed by atoms with Gasteiger partial charge in [0.15, 0.2) is 0 Å². The Kier molecular flexibility index (Phi) is 6.26. The lowest BCUT2D eigenvalue weighted by atomic mass is 10.0. The van der Waals surface area contributed by atoms with Crippen LogP contribution >= 0.6 is 0 Å². The molecular formula is C24H27N3O3. The zero-order valence-electron chi connectivity index (χ0n) is 17.3. The largest absolute Gasteiger partial charge is 0.423 e. The van der Waals surface area contributed by atoms with Crippen molar-refractivity contribution in [2.75, 3.05) is 38.0 Å². The number of para-hydroxylation sites is 1. The van der Waals surface area contributed by atoms with E-state index in [-0.39, 0.29) is 11.5 Å². The number of fused-ring (bicyclic) bond motifs is 1. The molecule has 0 bridgehead atoms. The second-order valence-electron chi connectivity index (χ2n) is 7.74. The van der Waals surface area contributed by atoms with E-state index in [9.17, 15) is 9.59 Å². The van der Waals surface area contributed by atoms with Crippen molar-refractivity contribution in [3.63, 3.8) is 0 Å². The van der Waals surface area contributed by atoms with Crippen LogP contribution in [0.2, 0.25) is 0 Å². The van der Waals surface area contributed by atoms with Gasteiger partial charge in [-0.3, -0.25) is 14.6 Å². The summed E-state index contributed by atoms with van der Waals surface area (Å²) in [4.78, 5) is 28.8. The Morgan fingerprint density at radius 1 is 1.00 bits per heavy atom. The molecule has 1 saturated heterocycles. The van der Waals surface area contributed by atoms with Crippen molar-refractivity contribution in [2.24, 2.45) is 0 Å². The first-order valence-corrected chi connectivity index (χ1v) is 10.5. The molecule has 0 atom stereocenters. The fraction of sp³-hybridized carbons (Fsp3) is 0.333. The lowest BCUT2D eigenvalue weighted by Crippen LogP contribution is -2.48. The van der Waals surface area contributed by atoms with Gasteiger partial charge in [0.2, 0.25) is 5.91 Å². The van der Waals surface area contributed by atoms with E-state index in [1.54, 1.807) is 6.07 Å². The van der Waals surface area contributed by atoms with E-state index in [4.69, 9.17) is 4.42 Å². The average molecular weight is 405 g/mol. The van der Waals surface area contributed by atoms with Crippen LogP contribution in [0.3, 0.4) is 0 Å². The van der Waals surface area contributed by atoms with Crippen LogP contribution in [-0.4, -0.2) is 48.4 Å². The Bertz CT molecular complexity index is 1070. The summed E-state index contributed by atoms with van der Waals surface area (Å²) < 4.78 is 5.37. The van der Waals surface area contributed by atoms with Crippen molar-refractivity contribution >= 4 is 22.6 Å². The third-order valence-corrected chi connectivity index (χ3v) is 5.58. The zero-order chi connectivity index (χ0) is 20.9. The first kappa shape index (κ1) is 20.3. The summed E-state index contributed by atoms with van der Waals surface area (Å²) >= 11 is 0. The third kappa shape index (κ3) is 4.96. The Hall–Kier alpha value is -2.96. The highest BCUT2D eigenvalue weighted by molar-refractivity contribution is 5.92. The number of amides is 1. The molecule has 1 fully saturated rings. The number of rotatable bonds is 6. The number of hydrogen-bond acceptors (Lipinski definition) is 5. The SMILES string of the molecule is CCc1ccc2oc(=O)cc(CN3CCN(CC(=O)Nc4ccccc4)CC3)c2c1. The summed E-state index contributed by atoms with van der Waals surface area (Å²) in [6, 6.07) is 17.2. The molecule has 1 N–H and O–H groups in total. The maximum absolute atomic E-state index is 12.3. The predicted octanol–water partition coefficient (Wildman–Crippen LogP) is 3.11. The summed E-state index contributed by atoms with van der Waals surface area (Å²) in [5, 5.41) is 3.95. The summed E-state index contributed by atoms with van der Waals surface area (Å²) in [5.74, 6) is 0.00778. The van der Waals surface area contributed by atoms with Gasteiger partial charge in [0.05, 0.1) is 6.54 Å². The quantitative estimate of drug-likeness (QED) is 0.639. The molecule has 3 aromatic rings. The second-order valence-corrected chi connectivity index (χ2v) is 7.74. The van der Waals surface area contributed by atoms with Gasteiger partial charge in [-0.25, -0.2) is 4.79 Å². The van der Waals surface area contributed by atoms with E-state index in [1.807, 2.05) is 42.5 Å². The van der Waals surface area contributed by atoms with Crippen molar-refractivity contribution in [3.8, 4) is 0 Å². The Morgan fingerprint density at radius 3 is 2.47 bits per heavy atom. The van der Waals surface area contributed by atoms with Crippen LogP contribution in [0, 0.1) is 0 Å². The number of nitrogens with one attached hydrogen (secondary N) is 1. The van der Waals surface area contributed by atoms with Crippen molar-refractivity contribution < 1.29 is 9.21 Å². The molecule has 156 valence electrons. The van der Waals surface area contributed by atoms with Crippen LogP contribution < -0.4 is 10.9 Å². The van der Waals surface area contributed by atoms with Gasteiger partial charge in [-0.15, -0.1) is 0 Å². The summed E-state index contributed by atoms with van der Waals surface area (Å²) in [7, 11) is 0. The minimum Gasteiger partial charge on any atom is -0.423 e. The number of anilines is 1. The molecule has 2 heterocycles. The van der Waals surface area contributed by atoms with E-state index in [0.717, 1.165) is 49.2 Å². The van der Waals surface area contributed by atoms with Crippen LogP contribution in [0.1, 0.15) is 18.1 Å². The van der Waals surface area contributed by atoms with Crippen molar-refractivity contribution in [2.45, 2.75) is 19.9 Å². The summed E-state index contributed by atoms with van der Waals surface area (Å²) in [6.45, 7) is 6.57. The molecule has 1 amide bonds.